The summed E-state index contributed by atoms with van der Waals surface area (Å²) >= 11 is 0. The molecule has 13 heteroatoms. The molecule has 2 aromatic rings. The summed E-state index contributed by atoms with van der Waals surface area (Å²) < 4.78 is 57.7. The molecule has 56 heavy (non-hydrogen) atoms. The topological polar surface area (TPSA) is 149 Å². The van der Waals surface area contributed by atoms with Gasteiger partial charge in [-0.25, -0.2) is 13.6 Å². The smallest absolute Gasteiger partial charge is 0.407 e. The summed E-state index contributed by atoms with van der Waals surface area (Å²) in [4.78, 5) is 51.8. The highest BCUT2D eigenvalue weighted by Crippen LogP contribution is 2.72. The molecule has 8 rings (SSSR count). The first kappa shape index (κ1) is 38.6. The van der Waals surface area contributed by atoms with Gasteiger partial charge in [-0.05, 0) is 78.5 Å². The van der Waals surface area contributed by atoms with Crippen molar-refractivity contribution >= 4 is 23.6 Å². The third-order valence-corrected chi connectivity index (χ3v) is 13.7. The van der Waals surface area contributed by atoms with Gasteiger partial charge < -0.3 is 34.7 Å². The van der Waals surface area contributed by atoms with Gasteiger partial charge in [-0.3, -0.25) is 14.4 Å². The number of amides is 2. The molecule has 3 N–H and O–H groups in total. The lowest BCUT2D eigenvalue weighted by molar-refractivity contribution is -0.235. The third-order valence-electron chi connectivity index (χ3n) is 13.7. The number of allylic oxidation sites excluding steroid dienone is 4. The summed E-state index contributed by atoms with van der Waals surface area (Å²) in [5.74, 6) is -3.25. The van der Waals surface area contributed by atoms with Gasteiger partial charge in [0, 0.05) is 22.7 Å². The Kier molecular flexibility index (Phi) is 9.82. The number of aliphatic hydroxyl groups is 1. The molecule has 5 aliphatic carbocycles. The van der Waals surface area contributed by atoms with Crippen LogP contribution in [0.25, 0.3) is 11.1 Å². The monoisotopic (exact) mass is 774 g/mol. The van der Waals surface area contributed by atoms with Crippen LogP contribution in [-0.4, -0.2) is 91.1 Å². The number of carbonyl (C=O) groups is 4. The van der Waals surface area contributed by atoms with E-state index in [2.05, 4.69) is 10.6 Å². The van der Waals surface area contributed by atoms with E-state index in [0.717, 1.165) is 28.3 Å². The average Bonchev–Trinajstić information content (AvgIpc) is 3.79. The Morgan fingerprint density at radius 3 is 2.39 bits per heavy atom. The van der Waals surface area contributed by atoms with E-state index in [1.54, 1.807) is 6.92 Å². The van der Waals surface area contributed by atoms with E-state index >= 15 is 8.78 Å². The molecule has 0 bridgehead atoms. The van der Waals surface area contributed by atoms with Crippen LogP contribution in [0.15, 0.2) is 72.3 Å². The second-order valence-electron chi connectivity index (χ2n) is 16.5. The van der Waals surface area contributed by atoms with Crippen molar-refractivity contribution in [3.63, 3.8) is 0 Å². The van der Waals surface area contributed by atoms with E-state index in [1.807, 2.05) is 55.5 Å². The lowest BCUT2D eigenvalue weighted by Crippen LogP contribution is -2.71. The highest BCUT2D eigenvalue weighted by atomic mass is 19.1. The summed E-state index contributed by atoms with van der Waals surface area (Å²) in [7, 11) is 0. The van der Waals surface area contributed by atoms with Crippen LogP contribution in [0.3, 0.4) is 0 Å². The second kappa shape index (κ2) is 14.3. The molecule has 0 spiro atoms. The minimum atomic E-state index is -2.32. The highest BCUT2D eigenvalue weighted by molar-refractivity contribution is 6.01. The normalized spacial score (nSPS) is 36.3. The first-order valence-corrected chi connectivity index (χ1v) is 19.5. The number of Topliss-reactive ketones (excluding diaryl/α,β-unsaturated/α-hetero) is 1. The maximum atomic E-state index is 17.7. The number of hydrogen-bond donors (Lipinski definition) is 3. The van der Waals surface area contributed by atoms with Crippen LogP contribution >= 0.6 is 0 Å². The van der Waals surface area contributed by atoms with E-state index in [-0.39, 0.29) is 44.1 Å². The Balaban J connectivity index is 0.889. The van der Waals surface area contributed by atoms with Crippen LogP contribution in [-0.2, 0) is 33.3 Å². The van der Waals surface area contributed by atoms with Crippen molar-refractivity contribution in [3.05, 3.63) is 83.5 Å². The van der Waals surface area contributed by atoms with Crippen molar-refractivity contribution in [2.75, 3.05) is 26.5 Å². The van der Waals surface area contributed by atoms with Crippen molar-refractivity contribution in [1.82, 2.24) is 10.6 Å². The van der Waals surface area contributed by atoms with E-state index < -0.39 is 95.3 Å². The summed E-state index contributed by atoms with van der Waals surface area (Å²) in [6.45, 7) is 4.11. The number of carbonyl (C=O) groups excluding carboxylic acids is 4. The van der Waals surface area contributed by atoms with Crippen LogP contribution in [0.1, 0.15) is 69.9 Å². The molecule has 1 saturated heterocycles. The predicted molar refractivity (Wildman–Crippen MR) is 198 cm³/mol. The molecule has 10 atom stereocenters. The third kappa shape index (κ3) is 5.71. The molecule has 0 aromatic heterocycles. The van der Waals surface area contributed by atoms with E-state index in [4.69, 9.17) is 18.9 Å². The molecule has 11 nitrogen and oxygen atoms in total. The molecule has 2 amide bonds. The Morgan fingerprint density at radius 1 is 1.00 bits per heavy atom. The first-order valence-electron chi connectivity index (χ1n) is 19.5. The fourth-order valence-corrected chi connectivity index (χ4v) is 11.1. The van der Waals surface area contributed by atoms with Gasteiger partial charge in [0.15, 0.2) is 29.1 Å². The van der Waals surface area contributed by atoms with E-state index in [1.165, 1.54) is 19.1 Å². The molecule has 3 saturated carbocycles. The number of rotatable bonds is 11. The lowest BCUT2D eigenvalue weighted by Gasteiger charge is -2.63. The summed E-state index contributed by atoms with van der Waals surface area (Å²) in [5, 5.41) is 16.8. The molecule has 4 fully saturated rings. The van der Waals surface area contributed by atoms with Gasteiger partial charge in [0.2, 0.25) is 5.91 Å². The zero-order valence-corrected chi connectivity index (χ0v) is 31.7. The predicted octanol–water partition coefficient (Wildman–Crippen LogP) is 5.39. The molecule has 298 valence electrons. The molecule has 1 unspecified atom stereocenters. The molecular formula is C43H48F2N2O9. The number of ketones is 2. The Morgan fingerprint density at radius 2 is 1.70 bits per heavy atom. The summed E-state index contributed by atoms with van der Waals surface area (Å²) in [6.07, 6.45) is -0.800. The van der Waals surface area contributed by atoms with Crippen molar-refractivity contribution < 1.29 is 52.0 Å². The number of benzene rings is 2. The molecule has 1 heterocycles. The maximum absolute atomic E-state index is 17.7. The van der Waals surface area contributed by atoms with Crippen LogP contribution in [0.4, 0.5) is 13.6 Å². The lowest BCUT2D eigenvalue weighted by atomic mass is 9.44. The van der Waals surface area contributed by atoms with Gasteiger partial charge in [-0.2, -0.15) is 0 Å². The number of halogens is 2. The van der Waals surface area contributed by atoms with E-state index in [0.29, 0.717) is 12.8 Å². The minimum Gasteiger partial charge on any atom is -0.449 e. The van der Waals surface area contributed by atoms with Crippen molar-refractivity contribution in [2.24, 2.45) is 22.7 Å². The molecule has 2 aromatic carbocycles. The van der Waals surface area contributed by atoms with E-state index in [9.17, 15) is 24.3 Å². The highest BCUT2D eigenvalue weighted by Gasteiger charge is 2.80. The Bertz CT molecular complexity index is 1960. The number of hydrogen-bond acceptors (Lipinski definition) is 9. The average molecular weight is 775 g/mol. The Hall–Kier alpha value is -4.30. The van der Waals surface area contributed by atoms with Crippen molar-refractivity contribution in [2.45, 2.75) is 94.7 Å². The van der Waals surface area contributed by atoms with Crippen LogP contribution < -0.4 is 10.6 Å². The first-order chi connectivity index (χ1) is 26.8. The molecule has 0 radical (unpaired) electrons. The minimum absolute atomic E-state index is 0.0230. The van der Waals surface area contributed by atoms with Gasteiger partial charge >= 0.3 is 6.09 Å². The molecular weight excluding hydrogens is 726 g/mol. The number of fused-ring (bicyclic) bond motifs is 10. The molecule has 1 aliphatic heterocycles. The quantitative estimate of drug-likeness (QED) is 0.202. The van der Waals surface area contributed by atoms with Crippen molar-refractivity contribution in [3.8, 4) is 11.1 Å². The van der Waals surface area contributed by atoms with Crippen molar-refractivity contribution in [1.29, 1.82) is 0 Å². The maximum Gasteiger partial charge on any atom is 0.407 e. The number of nitrogens with one attached hydrogen (secondary N) is 2. The number of aliphatic hydroxyl groups excluding tert-OH is 1. The number of ether oxygens (including phenoxy) is 4. The fourth-order valence-electron chi connectivity index (χ4n) is 11.1. The molecule has 6 aliphatic rings. The van der Waals surface area contributed by atoms with Crippen LogP contribution in [0.5, 0.6) is 0 Å². The SMILES string of the molecule is CCCC1O[C@@H]2C[C@H]3[C@@H]4C[C@H](F)C5=CC(=O)C=C[C@]5(C)[C@@]4(F)[C@@H](O)C[C@]3(C)[C@]2(C(=O)COCNC(=O)CNC(=O)OCC2c3ccccc3-c3ccccc32)O1. The van der Waals surface area contributed by atoms with Gasteiger partial charge in [-0.15, -0.1) is 0 Å². The summed E-state index contributed by atoms with van der Waals surface area (Å²) in [6, 6.07) is 15.9. The van der Waals surface area contributed by atoms with Crippen LogP contribution in [0.2, 0.25) is 0 Å². The number of alkyl carbamates (subject to hydrolysis) is 1. The zero-order valence-electron chi connectivity index (χ0n) is 31.7. The van der Waals surface area contributed by atoms with Gasteiger partial charge in [0.05, 0.1) is 12.2 Å². The summed E-state index contributed by atoms with van der Waals surface area (Å²) in [5.41, 5.74) is -2.33. The zero-order chi connectivity index (χ0) is 39.6. The second-order valence-corrected chi connectivity index (χ2v) is 16.5. The fraction of sp³-hybridized carbons (Fsp3) is 0.535. The Labute approximate surface area is 324 Å². The van der Waals surface area contributed by atoms with Gasteiger partial charge in [0.25, 0.3) is 0 Å². The standard InChI is InChI=1S/C43H48F2N2O9/c1-4-9-38-55-36-18-30-31-17-33(44)32-16-24(48)14-15-40(32,2)42(31,45)34(49)19-41(30,3)43(36,56-38)35(50)22-53-23-47-37(51)20-46-39(52)54-21-29-27-12-7-5-10-25(27)26-11-6-8-13-28(26)29/h5-8,10-16,29-31,33-34,36,38,49H,4,9,17-23H2,1-3H3,(H,46,52)(H,47,51)/t30-,31-,33-,34-,36+,38?,40-,41-,42-,43+/m0/s1. The van der Waals surface area contributed by atoms with Crippen LogP contribution in [0, 0.1) is 22.7 Å². The largest absolute Gasteiger partial charge is 0.449 e. The van der Waals surface area contributed by atoms with Gasteiger partial charge in [0.1, 0.15) is 32.7 Å². The number of alkyl halides is 2. The van der Waals surface area contributed by atoms with Gasteiger partial charge in [-0.1, -0.05) is 74.9 Å².